The first-order valence-electron chi connectivity index (χ1n) is 6.96. The van der Waals surface area contributed by atoms with Crippen LogP contribution in [-0.2, 0) is 4.79 Å². The summed E-state index contributed by atoms with van der Waals surface area (Å²) in [5, 5.41) is 6.02. The van der Waals surface area contributed by atoms with Crippen LogP contribution in [0.15, 0.2) is 24.3 Å². The fourth-order valence-electron chi connectivity index (χ4n) is 1.76. The summed E-state index contributed by atoms with van der Waals surface area (Å²) < 4.78 is 28.7. The maximum absolute atomic E-state index is 12.2. The van der Waals surface area contributed by atoms with Crippen LogP contribution < -0.4 is 15.4 Å². The summed E-state index contributed by atoms with van der Waals surface area (Å²) in [5.74, 6) is 0.117. The van der Waals surface area contributed by atoms with Gasteiger partial charge in [-0.2, -0.15) is 8.78 Å². The molecule has 0 heterocycles. The first-order valence-corrected chi connectivity index (χ1v) is 6.96. The van der Waals surface area contributed by atoms with Gasteiger partial charge < -0.3 is 15.4 Å². The average molecular weight is 300 g/mol. The zero-order chi connectivity index (χ0) is 15.8. The Kier molecular flexibility index (Phi) is 7.08. The lowest BCUT2D eigenvalue weighted by Crippen LogP contribution is -2.35. The third-order valence-corrected chi connectivity index (χ3v) is 2.98. The number of rotatable bonds is 8. The quantitative estimate of drug-likeness (QED) is 0.726. The second-order valence-corrected chi connectivity index (χ2v) is 5.07. The molecule has 6 heteroatoms. The number of benzene rings is 1. The predicted octanol–water partition coefficient (Wildman–Crippen LogP) is 2.71. The number of hydrogen-bond acceptors (Lipinski definition) is 3. The van der Waals surface area contributed by atoms with Crippen LogP contribution >= 0.6 is 0 Å². The largest absolute Gasteiger partial charge is 0.435 e. The second-order valence-electron chi connectivity index (χ2n) is 5.07. The molecule has 0 radical (unpaired) electrons. The highest BCUT2D eigenvalue weighted by Crippen LogP contribution is 2.20. The molecule has 0 aliphatic heterocycles. The number of carbonyl (C=O) groups is 1. The molecule has 1 rings (SSSR count). The highest BCUT2D eigenvalue weighted by Gasteiger charge is 2.09. The number of amides is 1. The predicted molar refractivity (Wildman–Crippen MR) is 77.3 cm³/mol. The number of hydrogen-bond donors (Lipinski definition) is 2. The number of ether oxygens (including phenoxy) is 1. The summed E-state index contributed by atoms with van der Waals surface area (Å²) in [4.78, 5) is 11.4. The fraction of sp³-hybridized carbons (Fsp3) is 0.533. The monoisotopic (exact) mass is 300 g/mol. The van der Waals surface area contributed by atoms with E-state index in [-0.39, 0.29) is 23.6 Å². The zero-order valence-electron chi connectivity index (χ0n) is 12.5. The van der Waals surface area contributed by atoms with E-state index in [1.165, 1.54) is 6.07 Å². The van der Waals surface area contributed by atoms with Gasteiger partial charge in [0.05, 0.1) is 0 Å². The molecule has 4 nitrogen and oxygen atoms in total. The number of nitrogens with one attached hydrogen (secondary N) is 2. The minimum Gasteiger partial charge on any atom is -0.435 e. The van der Waals surface area contributed by atoms with Crippen molar-refractivity contribution in [1.29, 1.82) is 0 Å². The van der Waals surface area contributed by atoms with Crippen LogP contribution in [0.5, 0.6) is 5.75 Å². The van der Waals surface area contributed by atoms with Crippen LogP contribution in [0.25, 0.3) is 0 Å². The summed E-state index contributed by atoms with van der Waals surface area (Å²) in [7, 11) is 0. The standard InChI is InChI=1S/C15H22F2N2O2/c1-10(2)14(20)19-8-7-18-11(3)12-5-4-6-13(9-12)21-15(16)17/h4-6,9-11,15,18H,7-8H2,1-3H3,(H,19,20). The van der Waals surface area contributed by atoms with Crippen molar-refractivity contribution in [2.75, 3.05) is 13.1 Å². The van der Waals surface area contributed by atoms with Crippen LogP contribution in [0.2, 0.25) is 0 Å². The number of alkyl halides is 2. The van der Waals surface area contributed by atoms with Gasteiger partial charge in [0, 0.05) is 25.0 Å². The van der Waals surface area contributed by atoms with Gasteiger partial charge in [-0.15, -0.1) is 0 Å². The maximum atomic E-state index is 12.2. The molecule has 0 aliphatic rings. The maximum Gasteiger partial charge on any atom is 0.387 e. The van der Waals surface area contributed by atoms with Gasteiger partial charge >= 0.3 is 6.61 Å². The highest BCUT2D eigenvalue weighted by atomic mass is 19.3. The molecule has 0 aromatic heterocycles. The van der Waals surface area contributed by atoms with E-state index in [4.69, 9.17) is 0 Å². The van der Waals surface area contributed by atoms with E-state index >= 15 is 0 Å². The van der Waals surface area contributed by atoms with E-state index in [1.54, 1.807) is 12.1 Å². The van der Waals surface area contributed by atoms with Crippen LogP contribution in [0.1, 0.15) is 32.4 Å². The molecule has 1 aromatic carbocycles. The van der Waals surface area contributed by atoms with Crippen molar-refractivity contribution in [3.8, 4) is 5.75 Å². The highest BCUT2D eigenvalue weighted by molar-refractivity contribution is 5.77. The van der Waals surface area contributed by atoms with Crippen molar-refractivity contribution in [1.82, 2.24) is 10.6 Å². The summed E-state index contributed by atoms with van der Waals surface area (Å²) in [6, 6.07) is 6.55. The van der Waals surface area contributed by atoms with Gasteiger partial charge in [-0.1, -0.05) is 26.0 Å². The molecule has 1 aromatic rings. The second kappa shape index (κ2) is 8.56. The summed E-state index contributed by atoms with van der Waals surface area (Å²) in [5.41, 5.74) is 0.850. The van der Waals surface area contributed by atoms with E-state index in [9.17, 15) is 13.6 Å². The smallest absolute Gasteiger partial charge is 0.387 e. The average Bonchev–Trinajstić information content (AvgIpc) is 2.42. The van der Waals surface area contributed by atoms with Crippen LogP contribution in [0.3, 0.4) is 0 Å². The topological polar surface area (TPSA) is 50.4 Å². The Morgan fingerprint density at radius 1 is 1.24 bits per heavy atom. The molecular weight excluding hydrogens is 278 g/mol. The lowest BCUT2D eigenvalue weighted by molar-refractivity contribution is -0.123. The molecule has 0 bridgehead atoms. The first kappa shape index (κ1) is 17.4. The Hall–Kier alpha value is -1.69. The van der Waals surface area contributed by atoms with Gasteiger partial charge in [-0.3, -0.25) is 4.79 Å². The minimum atomic E-state index is -2.82. The molecule has 0 spiro atoms. The number of carbonyl (C=O) groups excluding carboxylic acids is 1. The Bertz CT molecular complexity index is 453. The summed E-state index contributed by atoms with van der Waals surface area (Å²) in [6.45, 7) is 3.88. The molecule has 1 atom stereocenters. The zero-order valence-corrected chi connectivity index (χ0v) is 12.5. The molecule has 0 aliphatic carbocycles. The summed E-state index contributed by atoms with van der Waals surface area (Å²) >= 11 is 0. The van der Waals surface area contributed by atoms with Gasteiger partial charge in [0.1, 0.15) is 5.75 Å². The molecule has 118 valence electrons. The Morgan fingerprint density at radius 2 is 1.95 bits per heavy atom. The third-order valence-electron chi connectivity index (χ3n) is 2.98. The Morgan fingerprint density at radius 3 is 2.57 bits per heavy atom. The minimum absolute atomic E-state index is 0.0109. The van der Waals surface area contributed by atoms with Crippen molar-refractivity contribution in [3.63, 3.8) is 0 Å². The van der Waals surface area contributed by atoms with E-state index in [2.05, 4.69) is 15.4 Å². The van der Waals surface area contributed by atoms with E-state index in [1.807, 2.05) is 26.8 Å². The molecule has 1 unspecified atom stereocenters. The van der Waals surface area contributed by atoms with Crippen LogP contribution in [0.4, 0.5) is 8.78 Å². The van der Waals surface area contributed by atoms with Crippen molar-refractivity contribution in [2.24, 2.45) is 5.92 Å². The van der Waals surface area contributed by atoms with E-state index < -0.39 is 6.61 Å². The Labute approximate surface area is 123 Å². The molecule has 2 N–H and O–H groups in total. The Balaban J connectivity index is 2.41. The first-order chi connectivity index (χ1) is 9.90. The van der Waals surface area contributed by atoms with Gasteiger partial charge in [0.25, 0.3) is 0 Å². The van der Waals surface area contributed by atoms with Crippen LogP contribution in [-0.4, -0.2) is 25.6 Å². The van der Waals surface area contributed by atoms with Crippen molar-refractivity contribution >= 4 is 5.91 Å². The normalized spacial score (nSPS) is 12.5. The van der Waals surface area contributed by atoms with Crippen molar-refractivity contribution < 1.29 is 18.3 Å². The molecule has 0 saturated heterocycles. The molecule has 0 saturated carbocycles. The molecule has 0 fully saturated rings. The van der Waals surface area contributed by atoms with E-state index in [0.29, 0.717) is 13.1 Å². The lowest BCUT2D eigenvalue weighted by atomic mass is 10.1. The fourth-order valence-corrected chi connectivity index (χ4v) is 1.76. The van der Waals surface area contributed by atoms with Crippen molar-refractivity contribution in [3.05, 3.63) is 29.8 Å². The van der Waals surface area contributed by atoms with Crippen molar-refractivity contribution in [2.45, 2.75) is 33.4 Å². The molecule has 21 heavy (non-hydrogen) atoms. The van der Waals surface area contributed by atoms with E-state index in [0.717, 1.165) is 5.56 Å². The molecular formula is C15H22F2N2O2. The third kappa shape index (κ3) is 6.53. The van der Waals surface area contributed by atoms with Gasteiger partial charge in [0.15, 0.2) is 0 Å². The SMILES string of the molecule is CC(C)C(=O)NCCNC(C)c1cccc(OC(F)F)c1. The number of halogens is 2. The lowest BCUT2D eigenvalue weighted by Gasteiger charge is -2.16. The molecule has 1 amide bonds. The van der Waals surface area contributed by atoms with Crippen LogP contribution in [0, 0.1) is 5.92 Å². The van der Waals surface area contributed by atoms with Gasteiger partial charge in [0.2, 0.25) is 5.91 Å². The van der Waals surface area contributed by atoms with Gasteiger partial charge in [-0.05, 0) is 24.6 Å². The van der Waals surface area contributed by atoms with Gasteiger partial charge in [-0.25, -0.2) is 0 Å². The summed E-state index contributed by atoms with van der Waals surface area (Å²) in [6.07, 6.45) is 0.